The highest BCUT2D eigenvalue weighted by Crippen LogP contribution is 2.23. The van der Waals surface area contributed by atoms with Gasteiger partial charge in [0, 0.05) is 31.7 Å². The second kappa shape index (κ2) is 10.7. The number of rotatable bonds is 10. The highest BCUT2D eigenvalue weighted by atomic mass is 16.5. The number of aliphatic carboxylic acids is 1. The number of amides is 1. The average Bonchev–Trinajstić information content (AvgIpc) is 2.66. The highest BCUT2D eigenvalue weighted by molar-refractivity contribution is 5.94. The Kier molecular flexibility index (Phi) is 8.26. The van der Waals surface area contributed by atoms with Gasteiger partial charge in [-0.1, -0.05) is 12.1 Å². The van der Waals surface area contributed by atoms with Gasteiger partial charge in [-0.15, -0.1) is 0 Å². The van der Waals surface area contributed by atoms with Gasteiger partial charge in [-0.3, -0.25) is 14.4 Å². The van der Waals surface area contributed by atoms with E-state index in [0.29, 0.717) is 50.4 Å². The predicted molar refractivity (Wildman–Crippen MR) is 98.9 cm³/mol. The van der Waals surface area contributed by atoms with E-state index in [9.17, 15) is 19.5 Å². The number of Topliss-reactive ketones (excluding diaryl/α,β-unsaturated/α-hetero) is 1. The molecule has 1 unspecified atom stereocenters. The fraction of sp³-hybridized carbons (Fsp3) is 0.550. The standard InChI is InChI=1S/C20H27NO6/c1-14(22)16-4-2-5-17(12-16)27-9-3-6-19(23)21-13-18(20(24)25)15-7-10-26-11-8-15/h2,4-5,12,15,18H,3,6-11,13H2,1H3,(H,21,23)(H,24,25). The van der Waals surface area contributed by atoms with E-state index >= 15 is 0 Å². The summed E-state index contributed by atoms with van der Waals surface area (Å²) in [4.78, 5) is 34.8. The Balaban J connectivity index is 1.68. The van der Waals surface area contributed by atoms with Crippen LogP contribution in [0.3, 0.4) is 0 Å². The van der Waals surface area contributed by atoms with Crippen molar-refractivity contribution in [3.8, 4) is 5.75 Å². The summed E-state index contributed by atoms with van der Waals surface area (Å²) in [6.45, 7) is 3.13. The van der Waals surface area contributed by atoms with E-state index < -0.39 is 11.9 Å². The van der Waals surface area contributed by atoms with Crippen molar-refractivity contribution in [1.82, 2.24) is 5.32 Å². The molecule has 0 radical (unpaired) electrons. The molecule has 0 aliphatic carbocycles. The Morgan fingerprint density at radius 2 is 2.04 bits per heavy atom. The van der Waals surface area contributed by atoms with Crippen molar-refractivity contribution in [2.45, 2.75) is 32.6 Å². The van der Waals surface area contributed by atoms with Crippen LogP contribution in [0.2, 0.25) is 0 Å². The molecule has 7 heteroatoms. The number of carbonyl (C=O) groups excluding carboxylic acids is 2. The summed E-state index contributed by atoms with van der Waals surface area (Å²) in [5.74, 6) is -1.05. The fourth-order valence-corrected chi connectivity index (χ4v) is 3.11. The van der Waals surface area contributed by atoms with Gasteiger partial charge in [0.15, 0.2) is 5.78 Å². The van der Waals surface area contributed by atoms with Gasteiger partial charge in [0.05, 0.1) is 12.5 Å². The molecule has 1 heterocycles. The van der Waals surface area contributed by atoms with Crippen molar-refractivity contribution in [2.75, 3.05) is 26.4 Å². The first-order chi connectivity index (χ1) is 13.0. The largest absolute Gasteiger partial charge is 0.494 e. The Hall–Kier alpha value is -2.41. The number of hydrogen-bond acceptors (Lipinski definition) is 5. The number of carbonyl (C=O) groups is 3. The van der Waals surface area contributed by atoms with Gasteiger partial charge in [-0.05, 0) is 44.2 Å². The Labute approximate surface area is 159 Å². The van der Waals surface area contributed by atoms with Crippen LogP contribution < -0.4 is 10.1 Å². The van der Waals surface area contributed by atoms with Crippen LogP contribution in [-0.4, -0.2) is 49.1 Å². The van der Waals surface area contributed by atoms with E-state index in [1.807, 2.05) is 0 Å². The maximum Gasteiger partial charge on any atom is 0.308 e. The average molecular weight is 377 g/mol. The molecule has 2 N–H and O–H groups in total. The third kappa shape index (κ3) is 7.02. The molecule has 1 saturated heterocycles. The van der Waals surface area contributed by atoms with Crippen molar-refractivity contribution in [1.29, 1.82) is 0 Å². The number of ketones is 1. The minimum absolute atomic E-state index is 0.0302. The van der Waals surface area contributed by atoms with E-state index in [1.165, 1.54) is 6.92 Å². The number of nitrogens with one attached hydrogen (secondary N) is 1. The lowest BCUT2D eigenvalue weighted by Gasteiger charge is -2.27. The number of carboxylic acids is 1. The number of benzene rings is 1. The zero-order chi connectivity index (χ0) is 19.6. The van der Waals surface area contributed by atoms with Crippen LogP contribution in [0.25, 0.3) is 0 Å². The van der Waals surface area contributed by atoms with Crippen molar-refractivity contribution in [2.24, 2.45) is 11.8 Å². The lowest BCUT2D eigenvalue weighted by Crippen LogP contribution is -2.39. The monoisotopic (exact) mass is 377 g/mol. The van der Waals surface area contributed by atoms with Gasteiger partial charge < -0.3 is 19.9 Å². The molecular formula is C20H27NO6. The molecular weight excluding hydrogens is 350 g/mol. The molecule has 0 aromatic heterocycles. The summed E-state index contributed by atoms with van der Waals surface area (Å²) in [5.41, 5.74) is 0.582. The SMILES string of the molecule is CC(=O)c1cccc(OCCCC(=O)NCC(C(=O)O)C2CCOCC2)c1. The summed E-state index contributed by atoms with van der Waals surface area (Å²) < 4.78 is 10.8. The van der Waals surface area contributed by atoms with Crippen LogP contribution in [0.5, 0.6) is 5.75 Å². The summed E-state index contributed by atoms with van der Waals surface area (Å²) in [6, 6.07) is 6.91. The zero-order valence-electron chi connectivity index (χ0n) is 15.6. The van der Waals surface area contributed by atoms with Crippen molar-refractivity contribution >= 4 is 17.7 Å². The van der Waals surface area contributed by atoms with Crippen LogP contribution in [0.15, 0.2) is 24.3 Å². The number of hydrogen-bond donors (Lipinski definition) is 2. The zero-order valence-corrected chi connectivity index (χ0v) is 15.6. The van der Waals surface area contributed by atoms with Gasteiger partial charge in [-0.25, -0.2) is 0 Å². The quantitative estimate of drug-likeness (QED) is 0.479. The molecule has 27 heavy (non-hydrogen) atoms. The number of ether oxygens (including phenoxy) is 2. The van der Waals surface area contributed by atoms with E-state index in [2.05, 4.69) is 5.32 Å². The van der Waals surface area contributed by atoms with Crippen molar-refractivity contribution in [3.63, 3.8) is 0 Å². The molecule has 1 aliphatic heterocycles. The summed E-state index contributed by atoms with van der Waals surface area (Å²) in [5, 5.41) is 12.1. The van der Waals surface area contributed by atoms with Gasteiger partial charge in [-0.2, -0.15) is 0 Å². The Bertz CT molecular complexity index is 654. The molecule has 1 atom stereocenters. The van der Waals surface area contributed by atoms with E-state index in [1.54, 1.807) is 24.3 Å². The maximum atomic E-state index is 12.0. The molecule has 148 valence electrons. The molecule has 1 aromatic rings. The first kappa shape index (κ1) is 20.9. The van der Waals surface area contributed by atoms with Crippen molar-refractivity contribution < 1.29 is 29.0 Å². The lowest BCUT2D eigenvalue weighted by atomic mass is 9.86. The lowest BCUT2D eigenvalue weighted by molar-refractivity contribution is -0.145. The minimum Gasteiger partial charge on any atom is -0.494 e. The first-order valence-corrected chi connectivity index (χ1v) is 9.28. The summed E-state index contributed by atoms with van der Waals surface area (Å²) in [6.07, 6.45) is 2.18. The van der Waals surface area contributed by atoms with Crippen LogP contribution in [0.1, 0.15) is 43.0 Å². The third-order valence-electron chi connectivity index (χ3n) is 4.73. The molecule has 1 fully saturated rings. The Morgan fingerprint density at radius 3 is 2.70 bits per heavy atom. The van der Waals surface area contributed by atoms with Gasteiger partial charge in [0.1, 0.15) is 5.75 Å². The number of carboxylic acid groups (broad SMARTS) is 1. The summed E-state index contributed by atoms with van der Waals surface area (Å²) in [7, 11) is 0. The van der Waals surface area contributed by atoms with Crippen LogP contribution in [-0.2, 0) is 14.3 Å². The molecule has 1 aliphatic rings. The highest BCUT2D eigenvalue weighted by Gasteiger charge is 2.29. The second-order valence-corrected chi connectivity index (χ2v) is 6.73. The molecule has 7 nitrogen and oxygen atoms in total. The van der Waals surface area contributed by atoms with Gasteiger partial charge in [0.2, 0.25) is 5.91 Å². The molecule has 1 amide bonds. The Morgan fingerprint density at radius 1 is 1.30 bits per heavy atom. The maximum absolute atomic E-state index is 12.0. The molecule has 0 saturated carbocycles. The smallest absolute Gasteiger partial charge is 0.308 e. The summed E-state index contributed by atoms with van der Waals surface area (Å²) >= 11 is 0. The van der Waals surface area contributed by atoms with Crippen LogP contribution in [0, 0.1) is 11.8 Å². The molecule has 0 bridgehead atoms. The van der Waals surface area contributed by atoms with E-state index in [0.717, 1.165) is 0 Å². The fourth-order valence-electron chi connectivity index (χ4n) is 3.11. The normalized spacial score (nSPS) is 15.7. The predicted octanol–water partition coefficient (Wildman–Crippen LogP) is 2.29. The van der Waals surface area contributed by atoms with E-state index in [-0.39, 0.29) is 30.6 Å². The third-order valence-corrected chi connectivity index (χ3v) is 4.73. The molecule has 1 aromatic carbocycles. The minimum atomic E-state index is -0.879. The second-order valence-electron chi connectivity index (χ2n) is 6.73. The van der Waals surface area contributed by atoms with Crippen molar-refractivity contribution in [3.05, 3.63) is 29.8 Å². The van der Waals surface area contributed by atoms with Crippen LogP contribution >= 0.6 is 0 Å². The first-order valence-electron chi connectivity index (χ1n) is 9.28. The molecule has 2 rings (SSSR count). The molecule has 0 spiro atoms. The van der Waals surface area contributed by atoms with Gasteiger partial charge in [0.25, 0.3) is 0 Å². The topological polar surface area (TPSA) is 102 Å². The van der Waals surface area contributed by atoms with Crippen LogP contribution in [0.4, 0.5) is 0 Å². The van der Waals surface area contributed by atoms with E-state index in [4.69, 9.17) is 9.47 Å². The van der Waals surface area contributed by atoms with Gasteiger partial charge >= 0.3 is 5.97 Å².